The number of hydrogen-bond donors (Lipinski definition) is 1. The van der Waals surface area contributed by atoms with Gasteiger partial charge < -0.3 is 14.6 Å². The molecule has 1 unspecified atom stereocenters. The lowest BCUT2D eigenvalue weighted by Crippen LogP contribution is -2.09. The topological polar surface area (TPSA) is 77.2 Å². The molecule has 2 aromatic rings. The summed E-state index contributed by atoms with van der Waals surface area (Å²) >= 11 is 0. The zero-order valence-corrected chi connectivity index (χ0v) is 12.5. The molecule has 0 saturated carbocycles. The first-order valence-electron chi connectivity index (χ1n) is 7.48. The van der Waals surface area contributed by atoms with E-state index in [-0.39, 0.29) is 5.97 Å². The van der Waals surface area contributed by atoms with Crippen LogP contribution in [0.4, 0.5) is 0 Å². The van der Waals surface area contributed by atoms with Crippen LogP contribution < -0.4 is 5.32 Å². The summed E-state index contributed by atoms with van der Waals surface area (Å²) in [5.74, 6) is 1.47. The number of aromatic nitrogens is 2. The molecule has 0 aliphatic carbocycles. The van der Waals surface area contributed by atoms with Gasteiger partial charge in [-0.1, -0.05) is 17.3 Å². The molecule has 1 N–H and O–H groups in total. The molecule has 1 aromatic carbocycles. The third kappa shape index (κ3) is 3.33. The minimum Gasteiger partial charge on any atom is -0.465 e. The van der Waals surface area contributed by atoms with Gasteiger partial charge in [-0.3, -0.25) is 0 Å². The van der Waals surface area contributed by atoms with E-state index in [1.807, 2.05) is 6.07 Å². The van der Waals surface area contributed by atoms with E-state index in [0.717, 1.165) is 31.5 Å². The molecule has 0 amide bonds. The smallest absolute Gasteiger partial charge is 0.337 e. The Morgan fingerprint density at radius 1 is 1.50 bits per heavy atom. The summed E-state index contributed by atoms with van der Waals surface area (Å²) in [6.45, 7) is 2.17. The van der Waals surface area contributed by atoms with E-state index < -0.39 is 0 Å². The van der Waals surface area contributed by atoms with Crippen LogP contribution in [0.25, 0.3) is 11.4 Å². The number of carbonyl (C=O) groups excluding carboxylic acids is 1. The number of hydrogen-bond acceptors (Lipinski definition) is 6. The summed E-state index contributed by atoms with van der Waals surface area (Å²) in [4.78, 5) is 16.0. The van der Waals surface area contributed by atoms with E-state index in [4.69, 9.17) is 9.26 Å². The fraction of sp³-hybridized carbons (Fsp3) is 0.438. The van der Waals surface area contributed by atoms with Crippen LogP contribution in [0, 0.1) is 5.92 Å². The van der Waals surface area contributed by atoms with Gasteiger partial charge in [0.05, 0.1) is 12.7 Å². The number of carbonyl (C=O) groups is 1. The predicted molar refractivity (Wildman–Crippen MR) is 80.4 cm³/mol. The Hall–Kier alpha value is -2.21. The standard InChI is InChI=1S/C16H19N3O3/c1-21-16(20)13-4-2-3-12(9-13)15-18-14(22-19-15)6-5-11-7-8-17-10-11/h2-4,9,11,17H,5-8,10H2,1H3. The highest BCUT2D eigenvalue weighted by Gasteiger charge is 2.17. The summed E-state index contributed by atoms with van der Waals surface area (Å²) < 4.78 is 10.0. The van der Waals surface area contributed by atoms with Crippen molar-refractivity contribution < 1.29 is 14.1 Å². The van der Waals surface area contributed by atoms with Crippen LogP contribution in [0.2, 0.25) is 0 Å². The van der Waals surface area contributed by atoms with Crippen LogP contribution >= 0.6 is 0 Å². The summed E-state index contributed by atoms with van der Waals surface area (Å²) in [6, 6.07) is 7.04. The van der Waals surface area contributed by atoms with Gasteiger partial charge in [0.25, 0.3) is 0 Å². The van der Waals surface area contributed by atoms with Gasteiger partial charge in [-0.25, -0.2) is 4.79 Å². The second-order valence-electron chi connectivity index (χ2n) is 5.48. The molecule has 22 heavy (non-hydrogen) atoms. The molecule has 116 valence electrons. The molecule has 0 spiro atoms. The number of nitrogens with one attached hydrogen (secondary N) is 1. The maximum absolute atomic E-state index is 11.6. The normalized spacial score (nSPS) is 17.6. The SMILES string of the molecule is COC(=O)c1cccc(-c2noc(CCC3CCNC3)n2)c1. The Morgan fingerprint density at radius 3 is 3.18 bits per heavy atom. The average molecular weight is 301 g/mol. The zero-order chi connectivity index (χ0) is 15.4. The Labute approximate surface area is 128 Å². The molecule has 2 heterocycles. The van der Waals surface area contributed by atoms with Crippen LogP contribution in [0.15, 0.2) is 28.8 Å². The highest BCUT2D eigenvalue weighted by molar-refractivity contribution is 5.90. The summed E-state index contributed by atoms with van der Waals surface area (Å²) in [5.41, 5.74) is 1.23. The molecule has 1 fully saturated rings. The molecule has 1 atom stereocenters. The summed E-state index contributed by atoms with van der Waals surface area (Å²) in [6.07, 6.45) is 3.05. The number of aryl methyl sites for hydroxylation is 1. The van der Waals surface area contributed by atoms with E-state index in [1.165, 1.54) is 13.5 Å². The lowest BCUT2D eigenvalue weighted by atomic mass is 10.0. The van der Waals surface area contributed by atoms with Crippen molar-refractivity contribution in [3.05, 3.63) is 35.7 Å². The van der Waals surface area contributed by atoms with E-state index >= 15 is 0 Å². The fourth-order valence-corrected chi connectivity index (χ4v) is 2.67. The number of ether oxygens (including phenoxy) is 1. The van der Waals surface area contributed by atoms with Crippen molar-refractivity contribution in [2.24, 2.45) is 5.92 Å². The molecule has 0 radical (unpaired) electrons. The first-order valence-corrected chi connectivity index (χ1v) is 7.48. The number of rotatable bonds is 5. The zero-order valence-electron chi connectivity index (χ0n) is 12.5. The van der Waals surface area contributed by atoms with Gasteiger partial charge in [0.2, 0.25) is 11.7 Å². The average Bonchev–Trinajstić information content (AvgIpc) is 3.23. The Bertz CT molecular complexity index is 648. The number of nitrogens with zero attached hydrogens (tertiary/aromatic N) is 2. The maximum Gasteiger partial charge on any atom is 0.337 e. The quantitative estimate of drug-likeness (QED) is 0.852. The monoisotopic (exact) mass is 301 g/mol. The van der Waals surface area contributed by atoms with Crippen molar-refractivity contribution in [1.82, 2.24) is 15.5 Å². The van der Waals surface area contributed by atoms with Crippen LogP contribution in [-0.4, -0.2) is 36.3 Å². The number of benzene rings is 1. The van der Waals surface area contributed by atoms with Crippen LogP contribution in [-0.2, 0) is 11.2 Å². The summed E-state index contributed by atoms with van der Waals surface area (Å²) in [7, 11) is 1.36. The van der Waals surface area contributed by atoms with E-state index in [9.17, 15) is 4.79 Å². The molecule has 6 nitrogen and oxygen atoms in total. The van der Waals surface area contributed by atoms with Gasteiger partial charge in [-0.2, -0.15) is 4.98 Å². The van der Waals surface area contributed by atoms with Gasteiger partial charge >= 0.3 is 5.97 Å². The van der Waals surface area contributed by atoms with E-state index in [0.29, 0.717) is 23.2 Å². The molecule has 6 heteroatoms. The van der Waals surface area contributed by atoms with E-state index in [1.54, 1.807) is 18.2 Å². The molecule has 1 aliphatic rings. The van der Waals surface area contributed by atoms with Gasteiger partial charge in [-0.15, -0.1) is 0 Å². The molecule has 3 rings (SSSR count). The highest BCUT2D eigenvalue weighted by atomic mass is 16.5. The minimum atomic E-state index is -0.376. The number of methoxy groups -OCH3 is 1. The Balaban J connectivity index is 1.68. The van der Waals surface area contributed by atoms with Crippen LogP contribution in [0.3, 0.4) is 0 Å². The second kappa shape index (κ2) is 6.70. The first kappa shape index (κ1) is 14.7. The maximum atomic E-state index is 11.6. The fourth-order valence-electron chi connectivity index (χ4n) is 2.67. The lowest BCUT2D eigenvalue weighted by Gasteiger charge is -2.04. The van der Waals surface area contributed by atoms with Crippen molar-refractivity contribution in [2.45, 2.75) is 19.3 Å². The summed E-state index contributed by atoms with van der Waals surface area (Å²) in [5, 5.41) is 7.36. The van der Waals surface area contributed by atoms with Crippen LogP contribution in [0.5, 0.6) is 0 Å². The molecule has 1 aliphatic heterocycles. The third-order valence-electron chi connectivity index (χ3n) is 3.94. The third-order valence-corrected chi connectivity index (χ3v) is 3.94. The van der Waals surface area contributed by atoms with Crippen molar-refractivity contribution in [2.75, 3.05) is 20.2 Å². The van der Waals surface area contributed by atoms with Crippen molar-refractivity contribution in [1.29, 1.82) is 0 Å². The largest absolute Gasteiger partial charge is 0.465 e. The first-order chi connectivity index (χ1) is 10.8. The Kier molecular flexibility index (Phi) is 4.48. The number of esters is 1. The van der Waals surface area contributed by atoms with Crippen molar-refractivity contribution in [3.63, 3.8) is 0 Å². The molecule has 0 bridgehead atoms. The minimum absolute atomic E-state index is 0.376. The van der Waals surface area contributed by atoms with Gasteiger partial charge in [-0.05, 0) is 44.0 Å². The van der Waals surface area contributed by atoms with E-state index in [2.05, 4.69) is 15.5 Å². The highest BCUT2D eigenvalue weighted by Crippen LogP contribution is 2.20. The molecular weight excluding hydrogens is 282 g/mol. The molecule has 1 aromatic heterocycles. The van der Waals surface area contributed by atoms with Crippen LogP contribution in [0.1, 0.15) is 29.1 Å². The second-order valence-corrected chi connectivity index (χ2v) is 5.48. The van der Waals surface area contributed by atoms with Crippen molar-refractivity contribution >= 4 is 5.97 Å². The van der Waals surface area contributed by atoms with Gasteiger partial charge in [0, 0.05) is 12.0 Å². The molecular formula is C16H19N3O3. The molecule has 1 saturated heterocycles. The van der Waals surface area contributed by atoms with Gasteiger partial charge in [0.15, 0.2) is 0 Å². The van der Waals surface area contributed by atoms with Gasteiger partial charge in [0.1, 0.15) is 0 Å². The van der Waals surface area contributed by atoms with Crippen molar-refractivity contribution in [3.8, 4) is 11.4 Å². The lowest BCUT2D eigenvalue weighted by molar-refractivity contribution is 0.0601. The predicted octanol–water partition coefficient (Wildman–Crippen LogP) is 2.07. The Morgan fingerprint density at radius 2 is 2.41 bits per heavy atom.